The van der Waals surface area contributed by atoms with Gasteiger partial charge in [0.25, 0.3) is 0 Å². The summed E-state index contributed by atoms with van der Waals surface area (Å²) in [6, 6.07) is 1.40. The molecular formula is C14H13F2NO5. The van der Waals surface area contributed by atoms with Gasteiger partial charge < -0.3 is 14.4 Å². The van der Waals surface area contributed by atoms with Crippen molar-refractivity contribution in [1.29, 1.82) is 0 Å². The molecule has 22 heavy (non-hydrogen) atoms. The topological polar surface area (TPSA) is 72.9 Å². The Hall–Kier alpha value is -2.51. The summed E-state index contributed by atoms with van der Waals surface area (Å²) in [7, 11) is 2.27. The molecule has 0 radical (unpaired) electrons. The lowest BCUT2D eigenvalue weighted by Gasteiger charge is -2.19. The average molecular weight is 313 g/mol. The lowest BCUT2D eigenvalue weighted by Crippen LogP contribution is -2.28. The van der Waals surface area contributed by atoms with Crippen molar-refractivity contribution in [2.24, 2.45) is 5.92 Å². The summed E-state index contributed by atoms with van der Waals surface area (Å²) in [5.74, 6) is -5.17. The fourth-order valence-corrected chi connectivity index (χ4v) is 2.30. The minimum absolute atomic E-state index is 0.0828. The van der Waals surface area contributed by atoms with E-state index in [1.54, 1.807) is 0 Å². The molecule has 8 heteroatoms. The second-order valence-electron chi connectivity index (χ2n) is 4.70. The molecular weight excluding hydrogens is 300 g/mol. The third-order valence-electron chi connectivity index (χ3n) is 3.39. The van der Waals surface area contributed by atoms with Crippen molar-refractivity contribution >= 4 is 23.5 Å². The van der Waals surface area contributed by atoms with E-state index in [-0.39, 0.29) is 24.2 Å². The zero-order valence-electron chi connectivity index (χ0n) is 11.9. The van der Waals surface area contributed by atoms with Crippen LogP contribution in [0, 0.1) is 17.6 Å². The number of esters is 2. The molecule has 0 saturated carbocycles. The van der Waals surface area contributed by atoms with Crippen LogP contribution in [-0.2, 0) is 19.1 Å². The molecule has 0 N–H and O–H groups in total. The molecule has 0 bridgehead atoms. The lowest BCUT2D eigenvalue weighted by molar-refractivity contribution is -0.145. The van der Waals surface area contributed by atoms with E-state index in [1.165, 1.54) is 7.11 Å². The summed E-state index contributed by atoms with van der Waals surface area (Å²) in [5.41, 5.74) is -0.428. The van der Waals surface area contributed by atoms with Crippen LogP contribution in [0.4, 0.5) is 14.5 Å². The van der Waals surface area contributed by atoms with Crippen molar-refractivity contribution in [3.63, 3.8) is 0 Å². The summed E-state index contributed by atoms with van der Waals surface area (Å²) in [6.07, 6.45) is -0.133. The lowest BCUT2D eigenvalue weighted by atomic mass is 10.1. The van der Waals surface area contributed by atoms with Gasteiger partial charge in [0.1, 0.15) is 0 Å². The molecule has 1 aromatic rings. The number of carbonyl (C=O) groups is 3. The highest BCUT2D eigenvalue weighted by Gasteiger charge is 2.37. The number of amides is 1. The zero-order valence-corrected chi connectivity index (χ0v) is 11.9. The summed E-state index contributed by atoms with van der Waals surface area (Å²) in [6.45, 7) is -0.0828. The van der Waals surface area contributed by atoms with E-state index in [2.05, 4.69) is 9.47 Å². The maximum atomic E-state index is 13.5. The Morgan fingerprint density at radius 3 is 2.41 bits per heavy atom. The first kappa shape index (κ1) is 15.9. The van der Waals surface area contributed by atoms with Crippen LogP contribution in [0.25, 0.3) is 0 Å². The Morgan fingerprint density at radius 2 is 1.82 bits per heavy atom. The number of methoxy groups -OCH3 is 2. The number of rotatable bonds is 3. The van der Waals surface area contributed by atoms with E-state index >= 15 is 0 Å². The molecule has 1 heterocycles. The maximum Gasteiger partial charge on any atom is 0.340 e. The molecule has 6 nitrogen and oxygen atoms in total. The van der Waals surface area contributed by atoms with Gasteiger partial charge in [0.15, 0.2) is 11.6 Å². The fourth-order valence-electron chi connectivity index (χ4n) is 2.30. The number of ether oxygens (including phenoxy) is 2. The van der Waals surface area contributed by atoms with E-state index in [9.17, 15) is 23.2 Å². The number of nitrogens with zero attached hydrogens (tertiary/aromatic N) is 1. The number of carbonyl (C=O) groups excluding carboxylic acids is 3. The van der Waals surface area contributed by atoms with Gasteiger partial charge in [0, 0.05) is 19.0 Å². The third-order valence-corrected chi connectivity index (χ3v) is 3.39. The van der Waals surface area contributed by atoms with Gasteiger partial charge in [-0.3, -0.25) is 9.59 Å². The van der Waals surface area contributed by atoms with Gasteiger partial charge >= 0.3 is 11.9 Å². The third kappa shape index (κ3) is 2.76. The molecule has 1 unspecified atom stereocenters. The minimum Gasteiger partial charge on any atom is -0.469 e. The number of anilines is 1. The molecule has 118 valence electrons. The van der Waals surface area contributed by atoms with E-state index < -0.39 is 35.4 Å². The summed E-state index contributed by atoms with van der Waals surface area (Å²) < 4.78 is 35.9. The van der Waals surface area contributed by atoms with Crippen molar-refractivity contribution in [1.82, 2.24) is 0 Å². The molecule has 0 aliphatic carbocycles. The Morgan fingerprint density at radius 1 is 1.18 bits per heavy atom. The van der Waals surface area contributed by atoms with Crippen LogP contribution in [0.2, 0.25) is 0 Å². The van der Waals surface area contributed by atoms with Crippen molar-refractivity contribution in [2.75, 3.05) is 25.7 Å². The fraction of sp³-hybridized carbons (Fsp3) is 0.357. The van der Waals surface area contributed by atoms with Crippen LogP contribution < -0.4 is 4.90 Å². The van der Waals surface area contributed by atoms with E-state index in [0.29, 0.717) is 6.07 Å². The van der Waals surface area contributed by atoms with Crippen LogP contribution in [0.15, 0.2) is 12.1 Å². The summed E-state index contributed by atoms with van der Waals surface area (Å²) in [4.78, 5) is 36.3. The van der Waals surface area contributed by atoms with Gasteiger partial charge in [0.2, 0.25) is 5.91 Å². The van der Waals surface area contributed by atoms with Gasteiger partial charge in [-0.05, 0) is 6.07 Å². The normalized spacial score (nSPS) is 17.5. The van der Waals surface area contributed by atoms with E-state index in [1.807, 2.05) is 0 Å². The molecule has 1 aromatic carbocycles. The van der Waals surface area contributed by atoms with Gasteiger partial charge in [-0.15, -0.1) is 0 Å². The number of benzene rings is 1. The van der Waals surface area contributed by atoms with E-state index in [0.717, 1.165) is 18.1 Å². The molecule has 0 spiro atoms. The van der Waals surface area contributed by atoms with Crippen molar-refractivity contribution in [3.8, 4) is 0 Å². The van der Waals surface area contributed by atoms with Crippen molar-refractivity contribution in [2.45, 2.75) is 6.42 Å². The van der Waals surface area contributed by atoms with Gasteiger partial charge in [-0.2, -0.15) is 0 Å². The number of halogens is 2. The van der Waals surface area contributed by atoms with Gasteiger partial charge in [0.05, 0.1) is 31.4 Å². The van der Waals surface area contributed by atoms with Crippen LogP contribution in [-0.4, -0.2) is 38.6 Å². The Balaban J connectivity index is 2.43. The SMILES string of the molecule is COC(=O)c1cc(F)c(F)cc1N1CC(C(=O)OC)CC1=O. The molecule has 1 aliphatic heterocycles. The Bertz CT molecular complexity index is 646. The molecule has 1 atom stereocenters. The predicted octanol–water partition coefficient (Wildman–Crippen LogP) is 1.28. The molecule has 1 amide bonds. The van der Waals surface area contributed by atoms with Gasteiger partial charge in [-0.1, -0.05) is 0 Å². The van der Waals surface area contributed by atoms with Crippen LogP contribution in [0.1, 0.15) is 16.8 Å². The predicted molar refractivity (Wildman–Crippen MR) is 70.2 cm³/mol. The molecule has 1 aliphatic rings. The second-order valence-corrected chi connectivity index (χ2v) is 4.70. The number of hydrogen-bond donors (Lipinski definition) is 0. The van der Waals surface area contributed by atoms with Gasteiger partial charge in [-0.25, -0.2) is 13.6 Å². The first-order valence-corrected chi connectivity index (χ1v) is 6.34. The van der Waals surface area contributed by atoms with Crippen LogP contribution in [0.3, 0.4) is 0 Å². The molecule has 1 saturated heterocycles. The summed E-state index contributed by atoms with van der Waals surface area (Å²) in [5, 5.41) is 0. The highest BCUT2D eigenvalue weighted by Crippen LogP contribution is 2.31. The Labute approximate surface area is 124 Å². The first-order valence-electron chi connectivity index (χ1n) is 6.34. The maximum absolute atomic E-state index is 13.5. The second kappa shape index (κ2) is 6.08. The van der Waals surface area contributed by atoms with Crippen molar-refractivity contribution < 1.29 is 32.6 Å². The first-order chi connectivity index (χ1) is 10.4. The van der Waals surface area contributed by atoms with E-state index in [4.69, 9.17) is 0 Å². The molecule has 2 rings (SSSR count). The monoisotopic (exact) mass is 313 g/mol. The van der Waals surface area contributed by atoms with Crippen LogP contribution >= 0.6 is 0 Å². The molecule has 0 aromatic heterocycles. The zero-order chi connectivity index (χ0) is 16.4. The largest absolute Gasteiger partial charge is 0.469 e. The highest BCUT2D eigenvalue weighted by atomic mass is 19.2. The quantitative estimate of drug-likeness (QED) is 0.786. The standard InChI is InChI=1S/C14H13F2NO5/c1-21-13(19)7-3-12(18)17(6-7)11-5-10(16)9(15)4-8(11)14(20)22-2/h4-5,7H,3,6H2,1-2H3. The van der Waals surface area contributed by atoms with Crippen LogP contribution in [0.5, 0.6) is 0 Å². The number of hydrogen-bond acceptors (Lipinski definition) is 5. The van der Waals surface area contributed by atoms with Crippen molar-refractivity contribution in [3.05, 3.63) is 29.3 Å². The molecule has 1 fully saturated rings. The smallest absolute Gasteiger partial charge is 0.340 e. The highest BCUT2D eigenvalue weighted by molar-refractivity contribution is 6.05. The Kier molecular flexibility index (Phi) is 4.39. The average Bonchev–Trinajstić information content (AvgIpc) is 2.89. The minimum atomic E-state index is -1.24. The summed E-state index contributed by atoms with van der Waals surface area (Å²) >= 11 is 0.